The van der Waals surface area contributed by atoms with Gasteiger partial charge in [0.1, 0.15) is 0 Å². The Bertz CT molecular complexity index is 33.9. The Morgan fingerprint density at radius 2 is 2.40 bits per heavy atom. The van der Waals surface area contributed by atoms with Crippen molar-refractivity contribution < 1.29 is 0 Å². The van der Waals surface area contributed by atoms with Crippen LogP contribution in [0.15, 0.2) is 4.99 Å². The molecule has 0 saturated heterocycles. The van der Waals surface area contributed by atoms with Gasteiger partial charge >= 0.3 is 0 Å². The van der Waals surface area contributed by atoms with E-state index in [2.05, 4.69) is 4.99 Å². The van der Waals surface area contributed by atoms with Gasteiger partial charge < -0.3 is 0 Å². The molecule has 0 heterocycles. The molecule has 0 bridgehead atoms. The standard InChI is InChI=1S/C3H7NS/c1-4-3-5-2/h3H,1-2H3. The Kier molecular flexibility index (Phi) is 4.04. The lowest BCUT2D eigenvalue weighted by atomic mass is 11.4. The zero-order valence-corrected chi connectivity index (χ0v) is 4.25. The first kappa shape index (κ1) is 5.02. The molecule has 0 rings (SSSR count). The van der Waals surface area contributed by atoms with Crippen LogP contribution in [-0.4, -0.2) is 18.9 Å². The summed E-state index contributed by atoms with van der Waals surface area (Å²) >= 11 is 1.61. The van der Waals surface area contributed by atoms with Gasteiger partial charge in [0.15, 0.2) is 0 Å². The molecule has 0 aliphatic heterocycles. The Morgan fingerprint density at radius 3 is 2.40 bits per heavy atom. The zero-order chi connectivity index (χ0) is 4.12. The van der Waals surface area contributed by atoms with Crippen LogP contribution < -0.4 is 0 Å². The normalized spacial score (nSPS) is 10.0. The quantitative estimate of drug-likeness (QED) is 0.345. The monoisotopic (exact) mass is 89.0 g/mol. The molecule has 0 saturated carbocycles. The van der Waals surface area contributed by atoms with Gasteiger partial charge in [-0.15, -0.1) is 11.8 Å². The van der Waals surface area contributed by atoms with Crippen molar-refractivity contribution >= 4 is 17.3 Å². The van der Waals surface area contributed by atoms with Gasteiger partial charge in [-0.05, 0) is 6.26 Å². The molecular weight excluding hydrogens is 82.1 g/mol. The van der Waals surface area contributed by atoms with Gasteiger partial charge in [0.2, 0.25) is 0 Å². The van der Waals surface area contributed by atoms with E-state index in [0.29, 0.717) is 0 Å². The number of rotatable bonds is 1. The molecule has 0 amide bonds. The first-order chi connectivity index (χ1) is 2.41. The molecule has 0 spiro atoms. The van der Waals surface area contributed by atoms with Gasteiger partial charge in [-0.1, -0.05) is 0 Å². The van der Waals surface area contributed by atoms with Gasteiger partial charge in [-0.3, -0.25) is 4.99 Å². The smallest absolute Gasteiger partial charge is 0.0534 e. The van der Waals surface area contributed by atoms with Crippen LogP contribution in [0.4, 0.5) is 0 Å². The van der Waals surface area contributed by atoms with E-state index in [1.807, 2.05) is 6.26 Å². The number of hydrogen-bond acceptors (Lipinski definition) is 2. The molecule has 0 fully saturated rings. The largest absolute Gasteiger partial charge is 0.290 e. The van der Waals surface area contributed by atoms with E-state index in [4.69, 9.17) is 0 Å². The lowest BCUT2D eigenvalue weighted by Gasteiger charge is -1.66. The van der Waals surface area contributed by atoms with E-state index in [9.17, 15) is 0 Å². The summed E-state index contributed by atoms with van der Waals surface area (Å²) in [7, 11) is 1.76. The Labute approximate surface area is 36.5 Å². The van der Waals surface area contributed by atoms with Crippen LogP contribution in [0, 0.1) is 0 Å². The van der Waals surface area contributed by atoms with Crippen molar-refractivity contribution in [3.05, 3.63) is 0 Å². The van der Waals surface area contributed by atoms with Crippen molar-refractivity contribution in [2.24, 2.45) is 4.99 Å². The number of nitrogens with zero attached hydrogens (tertiary/aromatic N) is 1. The van der Waals surface area contributed by atoms with E-state index in [1.165, 1.54) is 0 Å². The minimum atomic E-state index is 1.61. The highest BCUT2D eigenvalue weighted by molar-refractivity contribution is 8.11. The summed E-state index contributed by atoms with van der Waals surface area (Å²) in [6.45, 7) is 0. The maximum atomic E-state index is 3.69. The SMILES string of the molecule is CN=CSC. The molecule has 1 nitrogen and oxygen atoms in total. The summed E-state index contributed by atoms with van der Waals surface area (Å²) in [5.41, 5.74) is 1.79. The third-order valence-corrected chi connectivity index (χ3v) is 0.632. The average molecular weight is 89.2 g/mol. The predicted molar refractivity (Wildman–Crippen MR) is 27.9 cm³/mol. The molecule has 0 atom stereocenters. The molecule has 0 radical (unpaired) electrons. The van der Waals surface area contributed by atoms with Crippen molar-refractivity contribution in [3.63, 3.8) is 0 Å². The van der Waals surface area contributed by atoms with Crippen LogP contribution in [0.1, 0.15) is 0 Å². The van der Waals surface area contributed by atoms with Crippen LogP contribution >= 0.6 is 11.8 Å². The van der Waals surface area contributed by atoms with Crippen LogP contribution in [0.25, 0.3) is 0 Å². The summed E-state index contributed by atoms with van der Waals surface area (Å²) in [5.74, 6) is 0. The van der Waals surface area contributed by atoms with E-state index < -0.39 is 0 Å². The highest BCUT2D eigenvalue weighted by Gasteiger charge is 1.52. The molecule has 5 heavy (non-hydrogen) atoms. The first-order valence-electron chi connectivity index (χ1n) is 1.35. The van der Waals surface area contributed by atoms with Gasteiger partial charge in [-0.2, -0.15) is 0 Å². The highest BCUT2D eigenvalue weighted by atomic mass is 32.2. The van der Waals surface area contributed by atoms with Crippen molar-refractivity contribution in [1.29, 1.82) is 0 Å². The van der Waals surface area contributed by atoms with E-state index in [0.717, 1.165) is 0 Å². The maximum absolute atomic E-state index is 3.69. The third kappa shape index (κ3) is 4.02. The lowest BCUT2D eigenvalue weighted by molar-refractivity contribution is 1.49. The maximum Gasteiger partial charge on any atom is 0.0534 e. The minimum absolute atomic E-state index is 1.61. The number of thioether (sulfide) groups is 1. The zero-order valence-electron chi connectivity index (χ0n) is 3.43. The van der Waals surface area contributed by atoms with E-state index in [1.54, 1.807) is 24.4 Å². The fourth-order valence-corrected chi connectivity index (χ4v) is 0.316. The number of hydrogen-bond donors (Lipinski definition) is 0. The van der Waals surface area contributed by atoms with Gasteiger partial charge in [-0.25, -0.2) is 0 Å². The van der Waals surface area contributed by atoms with E-state index in [-0.39, 0.29) is 0 Å². The minimum Gasteiger partial charge on any atom is -0.290 e. The van der Waals surface area contributed by atoms with Crippen LogP contribution in [0.3, 0.4) is 0 Å². The molecule has 0 N–H and O–H groups in total. The Balaban J connectivity index is 2.62. The van der Waals surface area contributed by atoms with Crippen LogP contribution in [-0.2, 0) is 0 Å². The summed E-state index contributed by atoms with van der Waals surface area (Å²) in [6, 6.07) is 0. The molecule has 0 unspecified atom stereocenters. The van der Waals surface area contributed by atoms with Crippen LogP contribution in [0.2, 0.25) is 0 Å². The second-order valence-electron chi connectivity index (χ2n) is 0.599. The van der Waals surface area contributed by atoms with E-state index >= 15 is 0 Å². The van der Waals surface area contributed by atoms with Gasteiger partial charge in [0, 0.05) is 7.05 Å². The van der Waals surface area contributed by atoms with Crippen molar-refractivity contribution in [3.8, 4) is 0 Å². The second-order valence-corrected chi connectivity index (χ2v) is 1.28. The Morgan fingerprint density at radius 1 is 1.80 bits per heavy atom. The lowest BCUT2D eigenvalue weighted by Crippen LogP contribution is -1.52. The topological polar surface area (TPSA) is 12.4 Å². The van der Waals surface area contributed by atoms with Gasteiger partial charge in [0.25, 0.3) is 0 Å². The summed E-state index contributed by atoms with van der Waals surface area (Å²) in [4.78, 5) is 3.69. The molecule has 0 aromatic rings. The first-order valence-corrected chi connectivity index (χ1v) is 2.64. The van der Waals surface area contributed by atoms with Gasteiger partial charge in [0.05, 0.1) is 5.55 Å². The fraction of sp³-hybridized carbons (Fsp3) is 0.667. The summed E-state index contributed by atoms with van der Waals surface area (Å²) in [5, 5.41) is 0. The molecule has 30 valence electrons. The second kappa shape index (κ2) is 4.02. The molecule has 0 aromatic heterocycles. The molecule has 0 aliphatic carbocycles. The van der Waals surface area contributed by atoms with Crippen molar-refractivity contribution in [1.82, 2.24) is 0 Å². The highest BCUT2D eigenvalue weighted by Crippen LogP contribution is 1.78. The molecular formula is C3H7NS. The summed E-state index contributed by atoms with van der Waals surface area (Å²) < 4.78 is 0. The predicted octanol–water partition coefficient (Wildman–Crippen LogP) is 1.01. The summed E-state index contributed by atoms with van der Waals surface area (Å²) in [6.07, 6.45) is 1.98. The molecule has 0 aliphatic rings. The Hall–Kier alpha value is 0.0200. The fourth-order valence-electron chi connectivity index (χ4n) is 0.105. The number of aliphatic imine (C=N–C) groups is 1. The van der Waals surface area contributed by atoms with Crippen molar-refractivity contribution in [2.45, 2.75) is 0 Å². The average Bonchev–Trinajstić information content (AvgIpc) is 1.41. The third-order valence-electron chi connectivity index (χ3n) is 0.211. The van der Waals surface area contributed by atoms with Crippen LogP contribution in [0.5, 0.6) is 0 Å². The molecule has 0 aromatic carbocycles. The van der Waals surface area contributed by atoms with Crippen molar-refractivity contribution in [2.75, 3.05) is 13.3 Å². The molecule has 2 heteroatoms.